The fraction of sp³-hybridized carbons (Fsp3) is 0.895. The average Bonchev–Trinajstić information content (AvgIpc) is 3.64. The fourth-order valence-corrected chi connectivity index (χ4v) is 54.6. The number of alkyl halides is 17. The van der Waals surface area contributed by atoms with E-state index in [-0.39, 0.29) is 0 Å². The van der Waals surface area contributed by atoms with E-state index in [9.17, 15) is 74.3 Å². The molecule has 0 aromatic carbocycles. The summed E-state index contributed by atoms with van der Waals surface area (Å²) in [7, 11) is -5.25. The van der Waals surface area contributed by atoms with Crippen LogP contribution in [0.15, 0.2) is 11.0 Å². The van der Waals surface area contributed by atoms with Crippen LogP contribution < -0.4 is 5.79 Å². The van der Waals surface area contributed by atoms with E-state index in [1.807, 2.05) is 41.5 Å². The standard InChI is InChI=1S/C14H5F17O2S2.6C4H9.2Sn/c15-7(16,2-4-35(32,33)6-1-3-34-5-6)8(17,18)9(19,20)10(21,22)11(23,24)12(25,26)13(27,28)14(29,30)31;6*1-3-4-2;;/h1H,2,4H2;6*1,3-4H2,2H3;;. The summed E-state index contributed by atoms with van der Waals surface area (Å²) >= 11 is -6.32. The molecule has 0 bridgehead atoms. The summed E-state index contributed by atoms with van der Waals surface area (Å²) in [4.78, 5) is -0.450. The Hall–Kier alpha value is 0.0574. The second-order valence-electron chi connectivity index (χ2n) is 16.2. The summed E-state index contributed by atoms with van der Waals surface area (Å²) in [6, 6.07) is 1.41. The average molecular weight is 1170 g/mol. The molecule has 1 aromatic rings. The van der Waals surface area contributed by atoms with Crippen LogP contribution in [0, 0.1) is 0 Å². The number of thiophene rings is 1. The van der Waals surface area contributed by atoms with Gasteiger partial charge in [0.05, 0.1) is 0 Å². The van der Waals surface area contributed by atoms with E-state index in [4.69, 9.17) is 0 Å². The van der Waals surface area contributed by atoms with Crippen molar-refractivity contribution in [2.24, 2.45) is 0 Å². The van der Waals surface area contributed by atoms with Gasteiger partial charge in [-0.25, -0.2) is 0 Å². The Kier molecular flexibility index (Phi) is 21.5. The van der Waals surface area contributed by atoms with Gasteiger partial charge in [0.1, 0.15) is 0 Å². The monoisotopic (exact) mass is 1170 g/mol. The molecule has 2 nitrogen and oxygen atoms in total. The second kappa shape index (κ2) is 22.2. The van der Waals surface area contributed by atoms with Gasteiger partial charge >= 0.3 is 341 Å². The normalized spacial score (nSPS) is 14.9. The zero-order chi connectivity index (χ0) is 47.8. The maximum absolute atomic E-state index is 15.3. The summed E-state index contributed by atoms with van der Waals surface area (Å²) in [6.07, 6.45) is -1.93. The Morgan fingerprint density at radius 2 is 0.754 bits per heavy atom. The minimum atomic E-state index is -8.74. The quantitative estimate of drug-likeness (QED) is 0.0568. The number of unbranched alkanes of at least 4 members (excludes halogenated alkanes) is 6. The van der Waals surface area contributed by atoms with Crippen molar-refractivity contribution in [3.05, 3.63) is 6.07 Å². The van der Waals surface area contributed by atoms with Gasteiger partial charge in [0.15, 0.2) is 0 Å². The first-order valence-electron chi connectivity index (χ1n) is 20.7. The van der Waals surface area contributed by atoms with Gasteiger partial charge in [0.2, 0.25) is 0 Å². The van der Waals surface area contributed by atoms with E-state index in [2.05, 4.69) is 0 Å². The van der Waals surface area contributed by atoms with E-state index >= 15 is 8.78 Å². The van der Waals surface area contributed by atoms with Crippen LogP contribution in [0.5, 0.6) is 0 Å². The van der Waals surface area contributed by atoms with Gasteiger partial charge in [0.25, 0.3) is 0 Å². The van der Waals surface area contributed by atoms with Gasteiger partial charge in [0, 0.05) is 0 Å². The number of halogens is 17. The van der Waals surface area contributed by atoms with Crippen molar-refractivity contribution in [3.63, 3.8) is 0 Å². The molecule has 0 N–H and O–H groups in total. The van der Waals surface area contributed by atoms with Crippen LogP contribution in [0.2, 0.25) is 26.6 Å². The Bertz CT molecular complexity index is 1570. The van der Waals surface area contributed by atoms with Crippen LogP contribution in [0.4, 0.5) is 74.6 Å². The summed E-state index contributed by atoms with van der Waals surface area (Å²) < 4.78 is 273. The van der Waals surface area contributed by atoms with Gasteiger partial charge in [-0.15, -0.1) is 0 Å². The van der Waals surface area contributed by atoms with Crippen LogP contribution in [0.1, 0.15) is 125 Å². The molecule has 0 aliphatic heterocycles. The molecule has 1 heterocycles. The molecule has 0 unspecified atom stereocenters. The molecule has 23 heteroatoms. The van der Waals surface area contributed by atoms with Crippen LogP contribution in [-0.4, -0.2) is 98.6 Å². The Balaban J connectivity index is 4.17. The van der Waals surface area contributed by atoms with E-state index in [1.165, 1.54) is 17.4 Å². The SMILES string of the molecule is CCC[CH2][Sn]([CH2]CCC)([CH2]CCC)[c]1cc(S(=O)(=O)CCC(F)(F)C(F)(F)C(F)(F)C(F)(F)C(F)(F)C(F)(F)C(F)(F)C(F)(F)F)[c]([Sn]([CH2]CCC)([CH2]CCC)[CH2]CCC)s1. The van der Waals surface area contributed by atoms with Gasteiger partial charge in [-0.1, -0.05) is 0 Å². The van der Waals surface area contributed by atoms with Crippen LogP contribution in [0.3, 0.4) is 0 Å². The number of rotatable bonds is 30. The molecule has 1 rings (SSSR count). The molecule has 0 aliphatic rings. The van der Waals surface area contributed by atoms with Crippen molar-refractivity contribution in [1.82, 2.24) is 0 Å². The van der Waals surface area contributed by atoms with E-state index < -0.39 is 111 Å². The van der Waals surface area contributed by atoms with Crippen molar-refractivity contribution in [2.75, 3.05) is 5.75 Å². The minimum absolute atomic E-state index is 0.450. The summed E-state index contributed by atoms with van der Waals surface area (Å²) in [5, 5.41) is 0. The molecular formula is C38H59F17O2S2Sn2. The first-order valence-corrected chi connectivity index (χ1v) is 38.2. The van der Waals surface area contributed by atoms with Crippen molar-refractivity contribution < 1.29 is 83.1 Å². The molecule has 1 aromatic heterocycles. The van der Waals surface area contributed by atoms with Crippen LogP contribution >= 0.6 is 11.3 Å². The zero-order valence-corrected chi connectivity index (χ0v) is 42.6. The van der Waals surface area contributed by atoms with Crippen molar-refractivity contribution in [3.8, 4) is 0 Å². The van der Waals surface area contributed by atoms with Gasteiger partial charge in [-0.2, -0.15) is 22.0 Å². The third-order valence-electron chi connectivity index (χ3n) is 11.6. The maximum atomic E-state index is 15.3. The molecule has 0 atom stereocenters. The Morgan fingerprint density at radius 3 is 1.07 bits per heavy atom. The molecule has 0 aliphatic carbocycles. The van der Waals surface area contributed by atoms with E-state index in [0.717, 1.165) is 54.7 Å². The number of hydrogen-bond donors (Lipinski definition) is 0. The summed E-state index contributed by atoms with van der Waals surface area (Å²) in [6.45, 7) is 11.7. The Morgan fingerprint density at radius 1 is 0.459 bits per heavy atom. The van der Waals surface area contributed by atoms with Gasteiger partial charge in [-0.05, 0) is 0 Å². The first kappa shape index (κ1) is 59.1. The number of sulfone groups is 1. The van der Waals surface area contributed by atoms with Crippen LogP contribution in [0.25, 0.3) is 0 Å². The third-order valence-corrected chi connectivity index (χ3v) is 51.6. The fourth-order valence-electron chi connectivity index (χ4n) is 7.51. The summed E-state index contributed by atoms with van der Waals surface area (Å²) in [5.74, 6) is -59.6. The van der Waals surface area contributed by atoms with Crippen molar-refractivity contribution in [2.45, 2.75) is 204 Å². The van der Waals surface area contributed by atoms with E-state index in [0.29, 0.717) is 54.7 Å². The predicted molar refractivity (Wildman–Crippen MR) is 211 cm³/mol. The first-order chi connectivity index (χ1) is 27.7. The molecule has 61 heavy (non-hydrogen) atoms. The van der Waals surface area contributed by atoms with Gasteiger partial charge in [-0.3, -0.25) is 0 Å². The molecule has 0 amide bonds. The topological polar surface area (TPSA) is 34.1 Å². The third kappa shape index (κ3) is 12.0. The zero-order valence-electron chi connectivity index (χ0n) is 35.3. The van der Waals surface area contributed by atoms with Crippen molar-refractivity contribution >= 4 is 63.7 Å². The number of hydrogen-bond acceptors (Lipinski definition) is 3. The molecule has 0 fully saturated rings. The molecule has 0 saturated heterocycles. The molecule has 0 radical (unpaired) electrons. The van der Waals surface area contributed by atoms with Crippen molar-refractivity contribution in [1.29, 1.82) is 0 Å². The molecule has 0 spiro atoms. The second-order valence-corrected chi connectivity index (χ2v) is 47.5. The molecular weight excluding hydrogens is 1110 g/mol. The Labute approximate surface area is 360 Å². The predicted octanol–water partition coefficient (Wildman–Crippen LogP) is 15.0. The van der Waals surface area contributed by atoms with Crippen LogP contribution in [-0.2, 0) is 9.84 Å². The summed E-state index contributed by atoms with van der Waals surface area (Å²) in [5.41, 5.74) is 0. The van der Waals surface area contributed by atoms with Gasteiger partial charge < -0.3 is 0 Å². The molecule has 362 valence electrons. The van der Waals surface area contributed by atoms with E-state index in [1.54, 1.807) is 0 Å². The molecule has 0 saturated carbocycles.